The summed E-state index contributed by atoms with van der Waals surface area (Å²) in [6.45, 7) is 8.65. The molecule has 0 unspecified atom stereocenters. The van der Waals surface area contributed by atoms with Crippen LogP contribution in [0, 0.1) is 0 Å². The molecule has 4 rings (SSSR count). The molecule has 4 aromatic carbocycles. The van der Waals surface area contributed by atoms with Crippen LogP contribution in [0.15, 0.2) is 84.9 Å². The number of nitrogens with two attached hydrogens (primary N) is 1. The minimum absolute atomic E-state index is 0. The first-order valence-electron chi connectivity index (χ1n) is 15.9. The van der Waals surface area contributed by atoms with E-state index in [4.69, 9.17) is 20.3 Å². The van der Waals surface area contributed by atoms with Gasteiger partial charge in [-0.1, -0.05) is 136 Å². The molecule has 6 heteroatoms. The number of unbranched alkanes of at least 4 members (excludes halogenated alkanes) is 6. The second-order valence-corrected chi connectivity index (χ2v) is 10.7. The maximum absolute atomic E-state index is 7.00. The zero-order chi connectivity index (χ0) is 31.4. The number of ether oxygens (including phenoxy) is 2. The number of aliphatic hydroxyl groups excluding tert-OH is 1. The molecule has 0 aromatic heterocycles. The lowest BCUT2D eigenvalue weighted by Crippen LogP contribution is -2.13. The zero-order valence-corrected chi connectivity index (χ0v) is 28.3. The number of hydrogen-bond donors (Lipinski definition) is 3. The Labute approximate surface area is 276 Å². The normalized spacial score (nSPS) is 9.86. The third-order valence-corrected chi connectivity index (χ3v) is 7.10. The number of halogens is 1. The summed E-state index contributed by atoms with van der Waals surface area (Å²) < 4.78 is 11.8. The van der Waals surface area contributed by atoms with E-state index in [9.17, 15) is 0 Å². The van der Waals surface area contributed by atoms with Crippen LogP contribution >= 0.6 is 15.9 Å². The van der Waals surface area contributed by atoms with Gasteiger partial charge in [-0.2, -0.15) is 0 Å². The Balaban J connectivity index is 0.000000722. The topological polar surface area (TPSA) is 76.7 Å². The number of nitrogens with one attached hydrogen (secondary N) is 1. The number of fused-ring (bicyclic) bond motifs is 2. The highest BCUT2D eigenvalue weighted by Crippen LogP contribution is 2.26. The quantitative estimate of drug-likeness (QED) is 0.0817. The fraction of sp³-hybridized carbons (Fsp3) is 0.474. The van der Waals surface area contributed by atoms with Crippen LogP contribution in [0.25, 0.3) is 21.5 Å². The van der Waals surface area contributed by atoms with Crippen molar-refractivity contribution in [3.05, 3.63) is 84.9 Å². The Hall–Kier alpha value is -2.64. The number of rotatable bonds is 16. The van der Waals surface area contributed by atoms with E-state index < -0.39 is 0 Å². The Kier molecular flexibility index (Phi) is 27.3. The van der Waals surface area contributed by atoms with Crippen LogP contribution in [-0.2, 0) is 0 Å². The van der Waals surface area contributed by atoms with E-state index in [2.05, 4.69) is 113 Å². The van der Waals surface area contributed by atoms with E-state index >= 15 is 0 Å². The second kappa shape index (κ2) is 29.1. The number of hydrogen-bond acceptors (Lipinski definition) is 5. The van der Waals surface area contributed by atoms with E-state index in [0.29, 0.717) is 0 Å². The average molecular weight is 672 g/mol. The van der Waals surface area contributed by atoms with Crippen LogP contribution < -0.4 is 20.5 Å². The number of alkyl halides is 1. The summed E-state index contributed by atoms with van der Waals surface area (Å²) >= 11 is 3.45. The van der Waals surface area contributed by atoms with E-state index in [1.807, 2.05) is 6.92 Å². The van der Waals surface area contributed by atoms with Crippen molar-refractivity contribution in [3.8, 4) is 11.5 Å². The molecule has 4 N–H and O–H groups in total. The van der Waals surface area contributed by atoms with Gasteiger partial charge in [0, 0.05) is 23.2 Å². The summed E-state index contributed by atoms with van der Waals surface area (Å²) in [6, 6.07) is 29.2. The molecular weight excluding hydrogens is 612 g/mol. The van der Waals surface area contributed by atoms with Gasteiger partial charge < -0.3 is 25.6 Å². The van der Waals surface area contributed by atoms with Crippen molar-refractivity contribution < 1.29 is 14.6 Å². The predicted octanol–water partition coefficient (Wildman–Crippen LogP) is 9.77. The van der Waals surface area contributed by atoms with Gasteiger partial charge in [-0.05, 0) is 68.2 Å². The average Bonchev–Trinajstić information content (AvgIpc) is 3.06. The molecule has 5 nitrogen and oxygen atoms in total. The lowest BCUT2D eigenvalue weighted by Gasteiger charge is -2.09. The molecule has 0 bridgehead atoms. The minimum atomic E-state index is 0. The summed E-state index contributed by atoms with van der Waals surface area (Å²) in [5, 5.41) is 16.4. The lowest BCUT2D eigenvalue weighted by molar-refractivity contribution is 0.308. The molecule has 0 aliphatic rings. The van der Waals surface area contributed by atoms with Crippen molar-refractivity contribution in [2.75, 3.05) is 45.3 Å². The molecule has 246 valence electrons. The van der Waals surface area contributed by atoms with Gasteiger partial charge in [0.25, 0.3) is 0 Å². The number of benzene rings is 4. The van der Waals surface area contributed by atoms with Crippen LogP contribution in [0.2, 0.25) is 0 Å². The molecule has 0 heterocycles. The van der Waals surface area contributed by atoms with Crippen molar-refractivity contribution in [2.24, 2.45) is 5.73 Å². The van der Waals surface area contributed by atoms with Crippen LogP contribution in [0.4, 0.5) is 0 Å². The van der Waals surface area contributed by atoms with Gasteiger partial charge in [0.1, 0.15) is 11.5 Å². The van der Waals surface area contributed by atoms with Crippen molar-refractivity contribution in [2.45, 2.75) is 72.6 Å². The zero-order valence-electron chi connectivity index (χ0n) is 26.7. The minimum Gasteiger partial charge on any atom is -0.493 e. The first-order valence-corrected chi connectivity index (χ1v) is 17.0. The molecular formula is C38H59BrN2O3. The van der Waals surface area contributed by atoms with Crippen molar-refractivity contribution >= 4 is 37.5 Å². The molecule has 0 aliphatic heterocycles. The Bertz CT molecular complexity index is 1190. The van der Waals surface area contributed by atoms with Gasteiger partial charge in [-0.15, -0.1) is 0 Å². The third-order valence-electron chi connectivity index (χ3n) is 6.54. The smallest absolute Gasteiger partial charge is 0.127 e. The van der Waals surface area contributed by atoms with Crippen molar-refractivity contribution in [3.63, 3.8) is 0 Å². The fourth-order valence-corrected chi connectivity index (χ4v) is 4.84. The molecule has 0 radical (unpaired) electrons. The highest BCUT2D eigenvalue weighted by atomic mass is 79.9. The van der Waals surface area contributed by atoms with Gasteiger partial charge in [0.05, 0.1) is 13.2 Å². The highest BCUT2D eigenvalue weighted by molar-refractivity contribution is 9.09. The maximum Gasteiger partial charge on any atom is 0.127 e. The Morgan fingerprint density at radius 2 is 1.02 bits per heavy atom. The predicted molar refractivity (Wildman–Crippen MR) is 198 cm³/mol. The van der Waals surface area contributed by atoms with Gasteiger partial charge in [-0.25, -0.2) is 0 Å². The molecule has 0 fully saturated rings. The summed E-state index contributed by atoms with van der Waals surface area (Å²) in [5.41, 5.74) is 4.85. The SMILES string of the molecule is BrCCCCCCOc1cccc2ccccc12.C.CCN.CCNCCCCCCOc1cccc2ccccc12.CO. The molecule has 0 saturated carbocycles. The monoisotopic (exact) mass is 670 g/mol. The van der Waals surface area contributed by atoms with Crippen LogP contribution in [0.3, 0.4) is 0 Å². The van der Waals surface area contributed by atoms with E-state index in [1.54, 1.807) is 0 Å². The van der Waals surface area contributed by atoms with Gasteiger partial charge in [0.2, 0.25) is 0 Å². The highest BCUT2D eigenvalue weighted by Gasteiger charge is 2.02. The van der Waals surface area contributed by atoms with Gasteiger partial charge in [0.15, 0.2) is 0 Å². The van der Waals surface area contributed by atoms with E-state index in [-0.39, 0.29) is 7.43 Å². The summed E-state index contributed by atoms with van der Waals surface area (Å²) in [7, 11) is 1.00. The molecule has 0 atom stereocenters. The Morgan fingerprint density at radius 3 is 1.48 bits per heavy atom. The van der Waals surface area contributed by atoms with Crippen molar-refractivity contribution in [1.82, 2.24) is 5.32 Å². The molecule has 4 aromatic rings. The summed E-state index contributed by atoms with van der Waals surface area (Å²) in [5.74, 6) is 2.02. The lowest BCUT2D eigenvalue weighted by atomic mass is 10.1. The van der Waals surface area contributed by atoms with Crippen LogP contribution in [0.5, 0.6) is 11.5 Å². The van der Waals surface area contributed by atoms with Crippen LogP contribution in [-0.4, -0.2) is 50.4 Å². The largest absolute Gasteiger partial charge is 0.493 e. The van der Waals surface area contributed by atoms with Gasteiger partial charge >= 0.3 is 0 Å². The standard InChI is InChI=1S/C18H25NO.C16H19BrO.C2H7N.CH4O.CH4/c1-2-19-14-7-3-4-8-15-20-18-13-9-11-16-10-5-6-12-17(16)18;17-12-5-1-2-6-13-18-16-11-7-9-14-8-3-4-10-15(14)16;1-2-3;1-2;/h5-6,9-13,19H,2-4,7-8,14-15H2,1H3;3-4,7-11H,1-2,5-6,12-13H2;2-3H2,1H3;2H,1H3;1H4. The molecule has 0 spiro atoms. The van der Waals surface area contributed by atoms with Crippen LogP contribution in [0.1, 0.15) is 72.6 Å². The third kappa shape index (κ3) is 17.6. The number of aliphatic hydroxyl groups is 1. The molecule has 44 heavy (non-hydrogen) atoms. The first-order chi connectivity index (χ1) is 21.2. The Morgan fingerprint density at radius 1 is 0.614 bits per heavy atom. The fourth-order valence-electron chi connectivity index (χ4n) is 4.44. The van der Waals surface area contributed by atoms with Gasteiger partial charge in [-0.3, -0.25) is 0 Å². The summed E-state index contributed by atoms with van der Waals surface area (Å²) in [4.78, 5) is 0. The second-order valence-electron chi connectivity index (χ2n) is 9.93. The van der Waals surface area contributed by atoms with Crippen molar-refractivity contribution in [1.29, 1.82) is 0 Å². The van der Waals surface area contributed by atoms with E-state index in [1.165, 1.54) is 60.1 Å². The maximum atomic E-state index is 7.00. The van der Waals surface area contributed by atoms with E-state index in [0.717, 1.165) is 69.6 Å². The molecule has 0 saturated heterocycles. The first kappa shape index (κ1) is 41.4. The molecule has 0 amide bonds. The summed E-state index contributed by atoms with van der Waals surface area (Å²) in [6.07, 6.45) is 9.85. The molecule has 0 aliphatic carbocycles.